The Balaban J connectivity index is 1.54. The number of aromatic nitrogens is 1. The van der Waals surface area contributed by atoms with Crippen LogP contribution in [-0.2, 0) is 22.5 Å². The van der Waals surface area contributed by atoms with E-state index in [1.54, 1.807) is 11.3 Å². The van der Waals surface area contributed by atoms with Gasteiger partial charge in [-0.15, -0.1) is 11.3 Å². The van der Waals surface area contributed by atoms with Crippen molar-refractivity contribution in [3.8, 4) is 11.3 Å². The lowest BCUT2D eigenvalue weighted by atomic mass is 10.1. The van der Waals surface area contributed by atoms with E-state index in [0.717, 1.165) is 51.8 Å². The zero-order chi connectivity index (χ0) is 23.4. The molecule has 3 aromatic rings. The second-order valence-corrected chi connectivity index (χ2v) is 10.3. The minimum atomic E-state index is 0.120. The highest BCUT2D eigenvalue weighted by atomic mass is 32.1. The summed E-state index contributed by atoms with van der Waals surface area (Å²) in [5, 5.41) is 0.985. The molecule has 0 bridgehead atoms. The molecule has 0 unspecified atom stereocenters. The SMILES string of the molecule is Cc1ccc(-c2nc(C)sc2CC(=O)N(Cc2ccc(N(C)C)cc2)C[C@@H]2CCCO2)cc1. The molecular weight excluding hydrogens is 430 g/mol. The fourth-order valence-electron chi connectivity index (χ4n) is 4.18. The Hall–Kier alpha value is -2.70. The number of nitrogens with zero attached hydrogens (tertiary/aromatic N) is 3. The van der Waals surface area contributed by atoms with Crippen LogP contribution in [0, 0.1) is 13.8 Å². The van der Waals surface area contributed by atoms with E-state index >= 15 is 0 Å². The van der Waals surface area contributed by atoms with Gasteiger partial charge in [0.2, 0.25) is 5.91 Å². The van der Waals surface area contributed by atoms with E-state index in [1.165, 1.54) is 5.56 Å². The van der Waals surface area contributed by atoms with E-state index in [9.17, 15) is 4.79 Å². The first-order valence-electron chi connectivity index (χ1n) is 11.6. The van der Waals surface area contributed by atoms with Crippen LogP contribution in [0.1, 0.15) is 33.9 Å². The predicted molar refractivity (Wildman–Crippen MR) is 136 cm³/mol. The third-order valence-corrected chi connectivity index (χ3v) is 7.04. The van der Waals surface area contributed by atoms with Crippen molar-refractivity contribution in [2.45, 2.75) is 45.8 Å². The number of rotatable bonds is 8. The van der Waals surface area contributed by atoms with Gasteiger partial charge in [-0.2, -0.15) is 0 Å². The Morgan fingerprint density at radius 1 is 1.09 bits per heavy atom. The number of thiazole rings is 1. The van der Waals surface area contributed by atoms with Gasteiger partial charge < -0.3 is 14.5 Å². The highest BCUT2D eigenvalue weighted by Gasteiger charge is 2.24. The molecule has 2 heterocycles. The fraction of sp³-hybridized carbons (Fsp3) is 0.407. The van der Waals surface area contributed by atoms with Crippen molar-refractivity contribution in [3.05, 3.63) is 69.5 Å². The molecule has 2 aromatic carbocycles. The quantitative estimate of drug-likeness (QED) is 0.458. The van der Waals surface area contributed by atoms with Gasteiger partial charge in [0.1, 0.15) is 0 Å². The zero-order valence-corrected chi connectivity index (χ0v) is 20.8. The minimum absolute atomic E-state index is 0.120. The van der Waals surface area contributed by atoms with Gasteiger partial charge in [-0.25, -0.2) is 4.98 Å². The third-order valence-electron chi connectivity index (χ3n) is 6.07. The van der Waals surface area contributed by atoms with Crippen LogP contribution >= 0.6 is 11.3 Å². The summed E-state index contributed by atoms with van der Waals surface area (Å²) in [7, 11) is 4.07. The van der Waals surface area contributed by atoms with Crippen LogP contribution in [0.15, 0.2) is 48.5 Å². The number of anilines is 1. The number of aryl methyl sites for hydroxylation is 2. The Morgan fingerprint density at radius 3 is 2.45 bits per heavy atom. The summed E-state index contributed by atoms with van der Waals surface area (Å²) in [5.41, 5.74) is 5.49. The summed E-state index contributed by atoms with van der Waals surface area (Å²) in [6.45, 7) is 6.09. The van der Waals surface area contributed by atoms with Crippen molar-refractivity contribution in [1.29, 1.82) is 0 Å². The normalized spacial score (nSPS) is 15.6. The number of hydrogen-bond donors (Lipinski definition) is 0. The number of carbonyl (C=O) groups is 1. The van der Waals surface area contributed by atoms with Gasteiger partial charge >= 0.3 is 0 Å². The Labute approximate surface area is 201 Å². The van der Waals surface area contributed by atoms with Gasteiger partial charge in [0.25, 0.3) is 0 Å². The van der Waals surface area contributed by atoms with Crippen molar-refractivity contribution in [2.75, 3.05) is 32.1 Å². The number of carbonyl (C=O) groups excluding carboxylic acids is 1. The molecule has 5 nitrogen and oxygen atoms in total. The number of hydrogen-bond acceptors (Lipinski definition) is 5. The van der Waals surface area contributed by atoms with E-state index < -0.39 is 0 Å². The van der Waals surface area contributed by atoms with Crippen LogP contribution in [0.2, 0.25) is 0 Å². The first kappa shape index (κ1) is 23.5. The molecule has 0 spiro atoms. The van der Waals surface area contributed by atoms with Crippen LogP contribution in [0.4, 0.5) is 5.69 Å². The maximum absolute atomic E-state index is 13.6. The van der Waals surface area contributed by atoms with Crippen LogP contribution in [0.3, 0.4) is 0 Å². The van der Waals surface area contributed by atoms with Gasteiger partial charge in [0, 0.05) is 49.9 Å². The van der Waals surface area contributed by atoms with E-state index in [0.29, 0.717) is 19.5 Å². The second kappa shape index (κ2) is 10.5. The van der Waals surface area contributed by atoms with E-state index in [2.05, 4.69) is 60.4 Å². The molecule has 1 aliphatic heterocycles. The van der Waals surface area contributed by atoms with Crippen molar-refractivity contribution in [1.82, 2.24) is 9.88 Å². The largest absolute Gasteiger partial charge is 0.378 e. The average molecular weight is 464 g/mol. The van der Waals surface area contributed by atoms with E-state index in [-0.39, 0.29) is 12.0 Å². The summed E-state index contributed by atoms with van der Waals surface area (Å²) in [6.07, 6.45) is 2.56. The molecule has 1 atom stereocenters. The van der Waals surface area contributed by atoms with Crippen molar-refractivity contribution >= 4 is 22.9 Å². The lowest BCUT2D eigenvalue weighted by Crippen LogP contribution is -2.37. The van der Waals surface area contributed by atoms with Gasteiger partial charge in [-0.05, 0) is 44.4 Å². The molecule has 4 rings (SSSR count). The van der Waals surface area contributed by atoms with E-state index in [1.807, 2.05) is 25.9 Å². The number of benzene rings is 2. The maximum atomic E-state index is 13.6. The zero-order valence-electron chi connectivity index (χ0n) is 20.0. The van der Waals surface area contributed by atoms with Crippen LogP contribution < -0.4 is 4.90 Å². The Kier molecular flexibility index (Phi) is 7.46. The topological polar surface area (TPSA) is 45.7 Å². The maximum Gasteiger partial charge on any atom is 0.228 e. The smallest absolute Gasteiger partial charge is 0.228 e. The summed E-state index contributed by atoms with van der Waals surface area (Å²) in [6, 6.07) is 16.8. The average Bonchev–Trinajstić information content (AvgIpc) is 3.43. The fourth-order valence-corrected chi connectivity index (χ4v) is 5.13. The molecule has 0 radical (unpaired) electrons. The number of ether oxygens (including phenoxy) is 1. The van der Waals surface area contributed by atoms with Gasteiger partial charge in [-0.3, -0.25) is 4.79 Å². The minimum Gasteiger partial charge on any atom is -0.378 e. The van der Waals surface area contributed by atoms with E-state index in [4.69, 9.17) is 9.72 Å². The molecule has 1 amide bonds. The molecular formula is C27H33N3O2S. The van der Waals surface area contributed by atoms with Crippen LogP contribution in [0.25, 0.3) is 11.3 Å². The monoisotopic (exact) mass is 463 g/mol. The first-order chi connectivity index (χ1) is 15.9. The summed E-state index contributed by atoms with van der Waals surface area (Å²) in [4.78, 5) is 23.4. The van der Waals surface area contributed by atoms with Crippen LogP contribution in [0.5, 0.6) is 0 Å². The molecule has 33 heavy (non-hydrogen) atoms. The van der Waals surface area contributed by atoms with Gasteiger partial charge in [0.05, 0.1) is 23.2 Å². The lowest BCUT2D eigenvalue weighted by molar-refractivity contribution is -0.132. The standard InChI is InChI=1S/C27H33N3O2S/c1-19-7-11-22(12-8-19)27-25(33-20(2)28-27)16-26(31)30(18-24-6-5-15-32-24)17-21-9-13-23(14-10-21)29(3)4/h7-14,24H,5-6,15-18H2,1-4H3/t24-/m0/s1. The molecule has 174 valence electrons. The second-order valence-electron chi connectivity index (χ2n) is 9.02. The van der Waals surface area contributed by atoms with Crippen molar-refractivity contribution in [2.24, 2.45) is 0 Å². The Bertz CT molecular complexity index is 1070. The van der Waals surface area contributed by atoms with Gasteiger partial charge in [0.15, 0.2) is 0 Å². The molecule has 1 aromatic heterocycles. The van der Waals surface area contributed by atoms with Crippen molar-refractivity contribution in [3.63, 3.8) is 0 Å². The highest BCUT2D eigenvalue weighted by Crippen LogP contribution is 2.29. The Morgan fingerprint density at radius 2 is 1.82 bits per heavy atom. The molecule has 1 aliphatic rings. The number of amides is 1. The summed E-state index contributed by atoms with van der Waals surface area (Å²) >= 11 is 1.62. The molecule has 0 saturated carbocycles. The molecule has 0 aliphatic carbocycles. The molecule has 0 N–H and O–H groups in total. The highest BCUT2D eigenvalue weighted by molar-refractivity contribution is 7.12. The molecule has 6 heteroatoms. The van der Waals surface area contributed by atoms with Crippen LogP contribution in [-0.4, -0.2) is 49.1 Å². The molecule has 1 saturated heterocycles. The first-order valence-corrected chi connectivity index (χ1v) is 12.4. The summed E-state index contributed by atoms with van der Waals surface area (Å²) in [5.74, 6) is 0.124. The van der Waals surface area contributed by atoms with Gasteiger partial charge in [-0.1, -0.05) is 42.0 Å². The summed E-state index contributed by atoms with van der Waals surface area (Å²) < 4.78 is 5.87. The lowest BCUT2D eigenvalue weighted by Gasteiger charge is -2.26. The molecule has 1 fully saturated rings. The third kappa shape index (κ3) is 6.01. The predicted octanol–water partition coefficient (Wildman–Crippen LogP) is 5.24. The van der Waals surface area contributed by atoms with Crippen molar-refractivity contribution < 1.29 is 9.53 Å².